The van der Waals surface area contributed by atoms with Crippen molar-refractivity contribution in [1.82, 2.24) is 0 Å². The normalized spacial score (nSPS) is 9.77. The summed E-state index contributed by atoms with van der Waals surface area (Å²) < 4.78 is 9.64. The zero-order valence-electron chi connectivity index (χ0n) is 13.3. The van der Waals surface area contributed by atoms with Gasteiger partial charge in [0.1, 0.15) is 11.1 Å². The lowest BCUT2D eigenvalue weighted by Gasteiger charge is -2.07. The van der Waals surface area contributed by atoms with E-state index in [1.807, 2.05) is 0 Å². The molecular formula is C16H12Cl4O6. The molecule has 0 aliphatic rings. The van der Waals surface area contributed by atoms with E-state index < -0.39 is 11.9 Å². The fourth-order valence-electron chi connectivity index (χ4n) is 1.86. The van der Waals surface area contributed by atoms with Crippen LogP contribution in [0, 0.1) is 0 Å². The van der Waals surface area contributed by atoms with E-state index in [9.17, 15) is 9.59 Å². The summed E-state index contributed by atoms with van der Waals surface area (Å²) >= 11 is 22.7. The average molecular weight is 442 g/mol. The van der Waals surface area contributed by atoms with Crippen molar-refractivity contribution < 1.29 is 29.3 Å². The molecule has 0 radical (unpaired) electrons. The van der Waals surface area contributed by atoms with Crippen molar-refractivity contribution >= 4 is 58.3 Å². The Kier molecular flexibility index (Phi) is 8.30. The lowest BCUT2D eigenvalue weighted by atomic mass is 10.2. The fourth-order valence-corrected chi connectivity index (χ4v) is 2.79. The summed E-state index contributed by atoms with van der Waals surface area (Å²) in [5, 5.41) is 18.2. The zero-order chi connectivity index (χ0) is 20.0. The Morgan fingerprint density at radius 1 is 0.692 bits per heavy atom. The van der Waals surface area contributed by atoms with E-state index in [0.717, 1.165) is 0 Å². The van der Waals surface area contributed by atoms with Gasteiger partial charge in [0.25, 0.3) is 0 Å². The van der Waals surface area contributed by atoms with Gasteiger partial charge in [-0.2, -0.15) is 0 Å². The summed E-state index contributed by atoms with van der Waals surface area (Å²) in [6.07, 6.45) is 0. The lowest BCUT2D eigenvalue weighted by molar-refractivity contribution is 0.0682. The van der Waals surface area contributed by atoms with Gasteiger partial charge in [-0.05, 0) is 24.3 Å². The number of hydrogen-bond donors (Lipinski definition) is 2. The van der Waals surface area contributed by atoms with Gasteiger partial charge in [-0.1, -0.05) is 46.4 Å². The molecule has 2 N–H and O–H groups in total. The molecule has 2 aromatic rings. The first-order chi connectivity index (χ1) is 12.1. The number of benzene rings is 2. The van der Waals surface area contributed by atoms with Crippen molar-refractivity contribution in [3.05, 3.63) is 55.5 Å². The highest BCUT2D eigenvalue weighted by Gasteiger charge is 2.18. The van der Waals surface area contributed by atoms with Crippen LogP contribution >= 0.6 is 46.4 Å². The molecule has 6 nitrogen and oxygen atoms in total. The van der Waals surface area contributed by atoms with Crippen LogP contribution in [0.25, 0.3) is 0 Å². The van der Waals surface area contributed by atoms with Crippen LogP contribution in [0.2, 0.25) is 20.1 Å². The maximum Gasteiger partial charge on any atom is 0.341 e. The Morgan fingerprint density at radius 3 is 1.15 bits per heavy atom. The summed E-state index contributed by atoms with van der Waals surface area (Å²) in [4.78, 5) is 21.5. The molecule has 26 heavy (non-hydrogen) atoms. The van der Waals surface area contributed by atoms with Crippen molar-refractivity contribution in [1.29, 1.82) is 0 Å². The minimum absolute atomic E-state index is 0.0849. The number of carboxylic acid groups (broad SMARTS) is 2. The second-order valence-corrected chi connectivity index (χ2v) is 6.11. The minimum Gasteiger partial charge on any atom is -0.494 e. The maximum absolute atomic E-state index is 10.7. The lowest BCUT2D eigenvalue weighted by Crippen LogP contribution is -2.01. The summed E-state index contributed by atoms with van der Waals surface area (Å²) in [6.45, 7) is 0. The summed E-state index contributed by atoms with van der Waals surface area (Å²) in [5.41, 5.74) is -0.228. The molecular weight excluding hydrogens is 430 g/mol. The summed E-state index contributed by atoms with van der Waals surface area (Å²) in [5.74, 6) is -2.16. The second kappa shape index (κ2) is 9.73. The van der Waals surface area contributed by atoms with Gasteiger partial charge in [-0.3, -0.25) is 0 Å². The minimum atomic E-state index is -1.16. The number of ether oxygens (including phenoxy) is 2. The van der Waals surface area contributed by atoms with E-state index in [-0.39, 0.29) is 42.7 Å². The quantitative estimate of drug-likeness (QED) is 0.659. The fraction of sp³-hybridized carbons (Fsp3) is 0.125. The van der Waals surface area contributed by atoms with Gasteiger partial charge in [0.05, 0.1) is 34.3 Å². The third-order valence-electron chi connectivity index (χ3n) is 2.95. The largest absolute Gasteiger partial charge is 0.494 e. The van der Waals surface area contributed by atoms with E-state index >= 15 is 0 Å². The van der Waals surface area contributed by atoms with Gasteiger partial charge in [0, 0.05) is 0 Å². The van der Waals surface area contributed by atoms with Crippen LogP contribution in [0.15, 0.2) is 24.3 Å². The Labute approximate surface area is 168 Å². The Hall–Kier alpha value is -1.86. The molecule has 0 atom stereocenters. The predicted molar refractivity (Wildman–Crippen MR) is 99.9 cm³/mol. The first-order valence-electron chi connectivity index (χ1n) is 6.66. The van der Waals surface area contributed by atoms with Gasteiger partial charge in [-0.25, -0.2) is 9.59 Å². The van der Waals surface area contributed by atoms with E-state index in [1.54, 1.807) is 0 Å². The molecule has 0 aliphatic heterocycles. The molecule has 0 aliphatic carbocycles. The number of rotatable bonds is 4. The van der Waals surface area contributed by atoms with Crippen molar-refractivity contribution in [2.24, 2.45) is 0 Å². The van der Waals surface area contributed by atoms with Gasteiger partial charge in [0.2, 0.25) is 0 Å². The highest BCUT2D eigenvalue weighted by Crippen LogP contribution is 2.34. The standard InChI is InChI=1S/2C8H6Cl2O3/c2*1-13-7-5(10)3-2-4(9)6(7)8(11)12/h2*2-3H,1H3,(H,11,12). The number of methoxy groups -OCH3 is 2. The highest BCUT2D eigenvalue weighted by atomic mass is 35.5. The molecule has 0 fully saturated rings. The predicted octanol–water partition coefficient (Wildman–Crippen LogP) is 5.40. The van der Waals surface area contributed by atoms with Crippen LogP contribution in [-0.4, -0.2) is 36.4 Å². The topological polar surface area (TPSA) is 93.1 Å². The van der Waals surface area contributed by atoms with Crippen molar-refractivity contribution in [2.75, 3.05) is 14.2 Å². The maximum atomic E-state index is 10.7. The number of carbonyl (C=O) groups is 2. The molecule has 0 unspecified atom stereocenters. The monoisotopic (exact) mass is 440 g/mol. The van der Waals surface area contributed by atoms with Gasteiger partial charge in [-0.15, -0.1) is 0 Å². The van der Waals surface area contributed by atoms with Gasteiger partial charge in [0.15, 0.2) is 11.5 Å². The SMILES string of the molecule is COc1c(Cl)ccc(Cl)c1C(=O)O.COc1c(Cl)ccc(Cl)c1C(=O)O. The van der Waals surface area contributed by atoms with Crippen LogP contribution in [0.3, 0.4) is 0 Å². The Bertz CT molecular complexity index is 768. The van der Waals surface area contributed by atoms with E-state index in [0.29, 0.717) is 0 Å². The number of carboxylic acids is 2. The Morgan fingerprint density at radius 2 is 0.962 bits per heavy atom. The first kappa shape index (κ1) is 22.2. The molecule has 0 saturated heterocycles. The zero-order valence-corrected chi connectivity index (χ0v) is 16.4. The van der Waals surface area contributed by atoms with Crippen LogP contribution in [-0.2, 0) is 0 Å². The van der Waals surface area contributed by atoms with Crippen molar-refractivity contribution in [3.8, 4) is 11.5 Å². The van der Waals surface area contributed by atoms with Crippen LogP contribution < -0.4 is 9.47 Å². The smallest absolute Gasteiger partial charge is 0.341 e. The molecule has 0 aromatic heterocycles. The second-order valence-electron chi connectivity index (χ2n) is 4.49. The van der Waals surface area contributed by atoms with Crippen molar-refractivity contribution in [3.63, 3.8) is 0 Å². The first-order valence-corrected chi connectivity index (χ1v) is 8.17. The molecule has 0 bridgehead atoms. The molecule has 0 spiro atoms. The van der Waals surface area contributed by atoms with Crippen molar-refractivity contribution in [2.45, 2.75) is 0 Å². The summed E-state index contributed by atoms with van der Waals surface area (Å²) in [7, 11) is 2.67. The van der Waals surface area contributed by atoms with Crippen LogP contribution in [0.1, 0.15) is 20.7 Å². The van der Waals surface area contributed by atoms with Crippen LogP contribution in [0.5, 0.6) is 11.5 Å². The third-order valence-corrected chi connectivity index (χ3v) is 4.18. The van der Waals surface area contributed by atoms with E-state index in [2.05, 4.69) is 0 Å². The molecule has 0 amide bonds. The molecule has 140 valence electrons. The number of aromatic carboxylic acids is 2. The molecule has 10 heteroatoms. The molecule has 2 rings (SSSR count). The van der Waals surface area contributed by atoms with E-state index in [1.165, 1.54) is 38.5 Å². The average Bonchev–Trinajstić information content (AvgIpc) is 2.58. The van der Waals surface area contributed by atoms with Gasteiger partial charge >= 0.3 is 11.9 Å². The highest BCUT2D eigenvalue weighted by molar-refractivity contribution is 6.37. The molecule has 0 heterocycles. The molecule has 2 aromatic carbocycles. The Balaban J connectivity index is 0.000000260. The van der Waals surface area contributed by atoms with Gasteiger partial charge < -0.3 is 19.7 Å². The number of halogens is 4. The number of hydrogen-bond acceptors (Lipinski definition) is 4. The third kappa shape index (κ3) is 5.08. The molecule has 0 saturated carbocycles. The van der Waals surface area contributed by atoms with E-state index in [4.69, 9.17) is 66.1 Å². The van der Waals surface area contributed by atoms with Crippen LogP contribution in [0.4, 0.5) is 0 Å². The summed E-state index contributed by atoms with van der Waals surface area (Å²) in [6, 6.07) is 5.79.